The van der Waals surface area contributed by atoms with Gasteiger partial charge in [-0.3, -0.25) is 9.78 Å². The SMILES string of the molecule is N[C@H](COc1cncc(-c2ccc3c(c2)/C(=C\c2ccn(-c4ccccc4)c2)C(=O)N3)c1)Cc1c[nH]c2ccccc12. The van der Waals surface area contributed by atoms with Gasteiger partial charge in [0.15, 0.2) is 0 Å². The molecule has 1 aliphatic heterocycles. The van der Waals surface area contributed by atoms with Crippen LogP contribution in [0.1, 0.15) is 16.7 Å². The zero-order valence-corrected chi connectivity index (χ0v) is 22.8. The fourth-order valence-electron chi connectivity index (χ4n) is 5.44. The summed E-state index contributed by atoms with van der Waals surface area (Å²) in [4.78, 5) is 20.6. The van der Waals surface area contributed by atoms with Crippen molar-refractivity contribution in [3.05, 3.63) is 133 Å². The van der Waals surface area contributed by atoms with E-state index in [-0.39, 0.29) is 11.9 Å². The lowest BCUT2D eigenvalue weighted by Crippen LogP contribution is -2.30. The van der Waals surface area contributed by atoms with Gasteiger partial charge in [0, 0.05) is 69.8 Å². The van der Waals surface area contributed by atoms with E-state index in [1.807, 2.05) is 102 Å². The number of amides is 1. The van der Waals surface area contributed by atoms with Crippen molar-refractivity contribution in [3.8, 4) is 22.6 Å². The van der Waals surface area contributed by atoms with Crippen molar-refractivity contribution >= 4 is 34.1 Å². The number of carbonyl (C=O) groups is 1. The van der Waals surface area contributed by atoms with Crippen LogP contribution in [-0.2, 0) is 11.2 Å². The molecule has 0 radical (unpaired) electrons. The number of aromatic amines is 1. The van der Waals surface area contributed by atoms with Gasteiger partial charge in [-0.25, -0.2) is 0 Å². The van der Waals surface area contributed by atoms with Crippen LogP contribution in [0.3, 0.4) is 0 Å². The molecule has 42 heavy (non-hydrogen) atoms. The Balaban J connectivity index is 1.08. The highest BCUT2D eigenvalue weighted by Crippen LogP contribution is 2.37. The van der Waals surface area contributed by atoms with Gasteiger partial charge in [-0.1, -0.05) is 42.5 Å². The summed E-state index contributed by atoms with van der Waals surface area (Å²) in [5.74, 6) is 0.531. The summed E-state index contributed by atoms with van der Waals surface area (Å²) in [7, 11) is 0. The second-order valence-corrected chi connectivity index (χ2v) is 10.5. The molecule has 0 aliphatic carbocycles. The summed E-state index contributed by atoms with van der Waals surface area (Å²) in [6.07, 6.45) is 12.2. The largest absolute Gasteiger partial charge is 0.490 e. The van der Waals surface area contributed by atoms with Gasteiger partial charge in [-0.15, -0.1) is 0 Å². The average molecular weight is 552 g/mol. The van der Waals surface area contributed by atoms with E-state index < -0.39 is 0 Å². The number of rotatable bonds is 8. The molecular formula is C35H29N5O2. The number of pyridine rings is 1. The van der Waals surface area contributed by atoms with E-state index in [1.165, 1.54) is 10.9 Å². The van der Waals surface area contributed by atoms with E-state index >= 15 is 0 Å². The van der Waals surface area contributed by atoms with Crippen LogP contribution in [0, 0.1) is 0 Å². The lowest BCUT2D eigenvalue weighted by Gasteiger charge is -2.13. The number of hydrogen-bond acceptors (Lipinski definition) is 4. The molecule has 7 nitrogen and oxygen atoms in total. The molecule has 1 amide bonds. The Morgan fingerprint density at radius 3 is 2.71 bits per heavy atom. The number of nitrogens with zero attached hydrogens (tertiary/aromatic N) is 2. The van der Waals surface area contributed by atoms with Gasteiger partial charge in [0.2, 0.25) is 0 Å². The number of carbonyl (C=O) groups excluding carboxylic acids is 1. The van der Waals surface area contributed by atoms with Crippen LogP contribution in [0.5, 0.6) is 5.75 Å². The molecule has 7 rings (SSSR count). The van der Waals surface area contributed by atoms with Crippen LogP contribution in [0.15, 0.2) is 116 Å². The van der Waals surface area contributed by atoms with Crippen molar-refractivity contribution in [2.75, 3.05) is 11.9 Å². The van der Waals surface area contributed by atoms with Gasteiger partial charge >= 0.3 is 0 Å². The number of ether oxygens (including phenoxy) is 1. The first-order chi connectivity index (χ1) is 20.6. The summed E-state index contributed by atoms with van der Waals surface area (Å²) < 4.78 is 8.10. The average Bonchev–Trinajstić information content (AvgIpc) is 3.74. The second kappa shape index (κ2) is 10.9. The summed E-state index contributed by atoms with van der Waals surface area (Å²) in [5, 5.41) is 4.17. The van der Waals surface area contributed by atoms with E-state index in [0.29, 0.717) is 24.4 Å². The minimum atomic E-state index is -0.172. The zero-order valence-electron chi connectivity index (χ0n) is 22.8. The predicted molar refractivity (Wildman–Crippen MR) is 167 cm³/mol. The smallest absolute Gasteiger partial charge is 0.256 e. The fourth-order valence-corrected chi connectivity index (χ4v) is 5.44. The Bertz CT molecular complexity index is 1940. The minimum absolute atomic E-state index is 0.117. The normalized spacial score (nSPS) is 14.2. The molecule has 7 heteroatoms. The Morgan fingerprint density at radius 1 is 0.952 bits per heavy atom. The minimum Gasteiger partial charge on any atom is -0.490 e. The van der Waals surface area contributed by atoms with Crippen molar-refractivity contribution in [2.45, 2.75) is 12.5 Å². The van der Waals surface area contributed by atoms with Crippen molar-refractivity contribution in [1.29, 1.82) is 0 Å². The fraction of sp³-hybridized carbons (Fsp3) is 0.0857. The van der Waals surface area contributed by atoms with Crippen LogP contribution in [0.4, 0.5) is 5.69 Å². The molecule has 3 aromatic carbocycles. The van der Waals surface area contributed by atoms with Crippen LogP contribution in [-0.4, -0.2) is 33.1 Å². The maximum atomic E-state index is 12.9. The first-order valence-electron chi connectivity index (χ1n) is 13.9. The third-order valence-electron chi connectivity index (χ3n) is 7.55. The first kappa shape index (κ1) is 25.6. The highest BCUT2D eigenvalue weighted by atomic mass is 16.5. The van der Waals surface area contributed by atoms with Crippen molar-refractivity contribution < 1.29 is 9.53 Å². The molecule has 0 bridgehead atoms. The third kappa shape index (κ3) is 5.09. The number of nitrogens with two attached hydrogens (primary N) is 1. The number of anilines is 1. The van der Waals surface area contributed by atoms with Crippen molar-refractivity contribution in [3.63, 3.8) is 0 Å². The standard InChI is InChI=1S/C35H29N5O2/c36-27(15-26-19-38-33-9-5-4-8-30(26)33)22-42-29-16-25(18-37-20-29)24-10-11-34-31(17-24)32(35(41)39-34)14-23-12-13-40(21-23)28-6-2-1-3-7-28/h1-14,16-21,27,38H,15,22,36H2,(H,39,41)/b32-14+/t27-/m0/s1. The van der Waals surface area contributed by atoms with Crippen LogP contribution in [0.25, 0.3) is 39.4 Å². The molecule has 1 aliphatic rings. The molecule has 3 aromatic heterocycles. The number of para-hydroxylation sites is 2. The van der Waals surface area contributed by atoms with Gasteiger partial charge in [0.05, 0.1) is 6.20 Å². The topological polar surface area (TPSA) is 98.0 Å². The van der Waals surface area contributed by atoms with Crippen LogP contribution < -0.4 is 15.8 Å². The molecule has 0 unspecified atom stereocenters. The van der Waals surface area contributed by atoms with Gasteiger partial charge in [-0.05, 0) is 71.7 Å². The van der Waals surface area contributed by atoms with Gasteiger partial charge in [0.1, 0.15) is 12.4 Å². The number of hydrogen-bond donors (Lipinski definition) is 3. The van der Waals surface area contributed by atoms with Crippen LogP contribution >= 0.6 is 0 Å². The molecule has 6 aromatic rings. The first-order valence-corrected chi connectivity index (χ1v) is 13.9. The number of aromatic nitrogens is 3. The molecule has 4 heterocycles. The van der Waals surface area contributed by atoms with Crippen molar-refractivity contribution in [2.24, 2.45) is 5.73 Å². The highest BCUT2D eigenvalue weighted by Gasteiger charge is 2.25. The van der Waals surface area contributed by atoms with Gasteiger partial charge in [0.25, 0.3) is 5.91 Å². The second-order valence-electron chi connectivity index (χ2n) is 10.5. The number of benzene rings is 3. The number of H-pyrrole nitrogens is 1. The quantitative estimate of drug-likeness (QED) is 0.189. The highest BCUT2D eigenvalue weighted by molar-refractivity contribution is 6.35. The summed E-state index contributed by atoms with van der Waals surface area (Å²) in [6, 6.07) is 28.0. The van der Waals surface area contributed by atoms with E-state index in [2.05, 4.69) is 27.4 Å². The molecule has 4 N–H and O–H groups in total. The summed E-state index contributed by atoms with van der Waals surface area (Å²) in [5.41, 5.74) is 14.8. The third-order valence-corrected chi connectivity index (χ3v) is 7.55. The van der Waals surface area contributed by atoms with E-state index in [9.17, 15) is 4.79 Å². The Labute approximate surface area is 243 Å². The van der Waals surface area contributed by atoms with E-state index in [0.717, 1.165) is 39.1 Å². The molecule has 0 saturated carbocycles. The van der Waals surface area contributed by atoms with Crippen LogP contribution in [0.2, 0.25) is 0 Å². The Morgan fingerprint density at radius 2 is 1.81 bits per heavy atom. The van der Waals surface area contributed by atoms with Gasteiger partial charge in [-0.2, -0.15) is 0 Å². The number of nitrogens with one attached hydrogen (secondary N) is 2. The lowest BCUT2D eigenvalue weighted by molar-refractivity contribution is -0.110. The number of fused-ring (bicyclic) bond motifs is 2. The molecule has 1 atom stereocenters. The Kier molecular flexibility index (Phi) is 6.62. The van der Waals surface area contributed by atoms with E-state index in [4.69, 9.17) is 10.5 Å². The Hall–Kier alpha value is -5.40. The maximum Gasteiger partial charge on any atom is 0.256 e. The summed E-state index contributed by atoms with van der Waals surface area (Å²) >= 11 is 0. The lowest BCUT2D eigenvalue weighted by atomic mass is 9.99. The summed E-state index contributed by atoms with van der Waals surface area (Å²) in [6.45, 7) is 0.364. The monoisotopic (exact) mass is 551 g/mol. The predicted octanol–water partition coefficient (Wildman–Crippen LogP) is 6.46. The van der Waals surface area contributed by atoms with E-state index in [1.54, 1.807) is 12.4 Å². The molecule has 0 fully saturated rings. The molecule has 0 spiro atoms. The zero-order chi connectivity index (χ0) is 28.5. The molecular weight excluding hydrogens is 522 g/mol. The molecule has 0 saturated heterocycles. The van der Waals surface area contributed by atoms with Crippen molar-refractivity contribution in [1.82, 2.24) is 14.5 Å². The maximum absolute atomic E-state index is 12.9. The van der Waals surface area contributed by atoms with Gasteiger partial charge < -0.3 is 25.3 Å². The molecule has 206 valence electrons.